The van der Waals surface area contributed by atoms with Crippen molar-refractivity contribution >= 4 is 11.6 Å². The van der Waals surface area contributed by atoms with Crippen molar-refractivity contribution in [3.8, 4) is 11.8 Å². The Morgan fingerprint density at radius 1 is 1.14 bits per heavy atom. The topological polar surface area (TPSA) is 68.6 Å². The number of hydrogen-bond acceptors (Lipinski definition) is 5. The summed E-state index contributed by atoms with van der Waals surface area (Å²) in [5.41, 5.74) is 2.60. The van der Waals surface area contributed by atoms with E-state index in [1.807, 2.05) is 62.4 Å². The molecule has 0 radical (unpaired) electrons. The number of amides is 1. The fraction of sp³-hybridized carbons (Fsp3) is 0.391. The minimum absolute atomic E-state index is 0.0160. The predicted molar refractivity (Wildman–Crippen MR) is 114 cm³/mol. The highest BCUT2D eigenvalue weighted by Crippen LogP contribution is 2.24. The molecule has 0 aliphatic carbocycles. The van der Waals surface area contributed by atoms with Gasteiger partial charge in [0, 0.05) is 32.7 Å². The van der Waals surface area contributed by atoms with Gasteiger partial charge in [0.05, 0.1) is 30.0 Å². The molecule has 1 N–H and O–H groups in total. The average Bonchev–Trinajstić information content (AvgIpc) is 2.76. The van der Waals surface area contributed by atoms with Gasteiger partial charge in [-0.25, -0.2) is 0 Å². The van der Waals surface area contributed by atoms with Crippen molar-refractivity contribution in [2.24, 2.45) is 0 Å². The molecule has 1 fully saturated rings. The Hall–Kier alpha value is -2.88. The molecular formula is C23H28N4O2. The highest BCUT2D eigenvalue weighted by Gasteiger charge is 2.26. The quantitative estimate of drug-likeness (QED) is 0.784. The van der Waals surface area contributed by atoms with Crippen molar-refractivity contribution < 1.29 is 9.53 Å². The van der Waals surface area contributed by atoms with E-state index in [-0.39, 0.29) is 11.9 Å². The molecule has 1 amide bonds. The summed E-state index contributed by atoms with van der Waals surface area (Å²) >= 11 is 0. The van der Waals surface area contributed by atoms with E-state index in [0.29, 0.717) is 23.6 Å². The van der Waals surface area contributed by atoms with Gasteiger partial charge in [0.1, 0.15) is 5.75 Å². The molecule has 1 saturated heterocycles. The monoisotopic (exact) mass is 392 g/mol. The van der Waals surface area contributed by atoms with Gasteiger partial charge in [0.25, 0.3) is 0 Å². The lowest BCUT2D eigenvalue weighted by atomic mass is 10.1. The number of piperazine rings is 1. The maximum Gasteiger partial charge on any atom is 0.241 e. The second-order valence-electron chi connectivity index (χ2n) is 7.22. The zero-order valence-electron chi connectivity index (χ0n) is 17.1. The standard InChI is InChI=1S/C23H28N4O2/c1-3-29-22-7-5-4-6-21(22)25-23(28)18(2)27-14-12-26(13-15-27)17-20-10-8-19(16-24)9-11-20/h4-11,18H,3,12-15,17H2,1-2H3,(H,25,28). The third kappa shape index (κ3) is 5.57. The number of anilines is 1. The summed E-state index contributed by atoms with van der Waals surface area (Å²) in [4.78, 5) is 17.4. The molecule has 1 unspecified atom stereocenters. The molecule has 6 nitrogen and oxygen atoms in total. The number of nitrogens with zero attached hydrogens (tertiary/aromatic N) is 3. The summed E-state index contributed by atoms with van der Waals surface area (Å²) in [6.45, 7) is 8.81. The van der Waals surface area contributed by atoms with E-state index in [1.165, 1.54) is 5.56 Å². The molecule has 152 valence electrons. The van der Waals surface area contributed by atoms with Crippen LogP contribution in [0.4, 0.5) is 5.69 Å². The maximum atomic E-state index is 12.8. The number of rotatable bonds is 7. The number of nitriles is 1. The molecule has 2 aromatic carbocycles. The summed E-state index contributed by atoms with van der Waals surface area (Å²) in [6, 6.07) is 17.2. The van der Waals surface area contributed by atoms with Crippen LogP contribution in [-0.4, -0.2) is 54.5 Å². The summed E-state index contributed by atoms with van der Waals surface area (Å²) in [5.74, 6) is 0.681. The minimum atomic E-state index is -0.207. The van der Waals surface area contributed by atoms with Crippen LogP contribution in [0.2, 0.25) is 0 Å². The van der Waals surface area contributed by atoms with Crippen LogP contribution in [0, 0.1) is 11.3 Å². The van der Waals surface area contributed by atoms with E-state index in [0.717, 1.165) is 32.7 Å². The summed E-state index contributed by atoms with van der Waals surface area (Å²) in [7, 11) is 0. The first-order valence-electron chi connectivity index (χ1n) is 10.1. The first kappa shape index (κ1) is 20.8. The lowest BCUT2D eigenvalue weighted by Crippen LogP contribution is -2.52. The Balaban J connectivity index is 1.51. The number of para-hydroxylation sites is 2. The molecular weight excluding hydrogens is 364 g/mol. The van der Waals surface area contributed by atoms with Gasteiger partial charge < -0.3 is 10.1 Å². The predicted octanol–water partition coefficient (Wildman–Crippen LogP) is 3.10. The summed E-state index contributed by atoms with van der Waals surface area (Å²) in [5, 5.41) is 11.9. The minimum Gasteiger partial charge on any atom is -0.492 e. The van der Waals surface area contributed by atoms with Gasteiger partial charge in [-0.05, 0) is 43.7 Å². The number of carbonyl (C=O) groups is 1. The molecule has 1 aliphatic rings. The molecule has 2 aromatic rings. The van der Waals surface area contributed by atoms with Crippen molar-refractivity contribution in [3.05, 3.63) is 59.7 Å². The van der Waals surface area contributed by atoms with E-state index in [9.17, 15) is 4.79 Å². The van der Waals surface area contributed by atoms with Gasteiger partial charge in [-0.1, -0.05) is 24.3 Å². The lowest BCUT2D eigenvalue weighted by Gasteiger charge is -2.37. The molecule has 29 heavy (non-hydrogen) atoms. The molecule has 0 spiro atoms. The SMILES string of the molecule is CCOc1ccccc1NC(=O)C(C)N1CCN(Cc2ccc(C#N)cc2)CC1. The van der Waals surface area contributed by atoms with E-state index < -0.39 is 0 Å². The van der Waals surface area contributed by atoms with Crippen LogP contribution in [0.1, 0.15) is 25.0 Å². The smallest absolute Gasteiger partial charge is 0.241 e. The van der Waals surface area contributed by atoms with E-state index in [4.69, 9.17) is 10.00 Å². The second kappa shape index (κ2) is 10.1. The molecule has 0 saturated carbocycles. The Labute approximate surface area is 172 Å². The zero-order chi connectivity index (χ0) is 20.6. The first-order chi connectivity index (χ1) is 14.1. The van der Waals surface area contributed by atoms with Gasteiger partial charge in [0.15, 0.2) is 0 Å². The van der Waals surface area contributed by atoms with Crippen LogP contribution in [0.25, 0.3) is 0 Å². The number of carbonyl (C=O) groups excluding carboxylic acids is 1. The Kier molecular flexibility index (Phi) is 7.23. The van der Waals surface area contributed by atoms with E-state index >= 15 is 0 Å². The van der Waals surface area contributed by atoms with E-state index in [2.05, 4.69) is 21.2 Å². The molecule has 6 heteroatoms. The molecule has 1 aliphatic heterocycles. The van der Waals surface area contributed by atoms with Gasteiger partial charge in [-0.3, -0.25) is 14.6 Å². The highest BCUT2D eigenvalue weighted by atomic mass is 16.5. The summed E-state index contributed by atoms with van der Waals surface area (Å²) < 4.78 is 5.60. The summed E-state index contributed by atoms with van der Waals surface area (Å²) in [6.07, 6.45) is 0. The molecule has 3 rings (SSSR count). The van der Waals surface area contributed by atoms with Crippen molar-refractivity contribution in [1.29, 1.82) is 5.26 Å². The van der Waals surface area contributed by atoms with Crippen LogP contribution in [0.5, 0.6) is 5.75 Å². The average molecular weight is 393 g/mol. The molecule has 0 bridgehead atoms. The van der Waals surface area contributed by atoms with Gasteiger partial charge in [0.2, 0.25) is 5.91 Å². The van der Waals surface area contributed by atoms with Crippen molar-refractivity contribution in [1.82, 2.24) is 9.80 Å². The van der Waals surface area contributed by atoms with Crippen molar-refractivity contribution in [2.45, 2.75) is 26.4 Å². The Bertz CT molecular complexity index is 852. The normalized spacial score (nSPS) is 16.0. The number of ether oxygens (including phenoxy) is 1. The van der Waals surface area contributed by atoms with Crippen LogP contribution < -0.4 is 10.1 Å². The largest absolute Gasteiger partial charge is 0.492 e. The maximum absolute atomic E-state index is 12.8. The van der Waals surface area contributed by atoms with Crippen LogP contribution >= 0.6 is 0 Å². The molecule has 1 heterocycles. The van der Waals surface area contributed by atoms with Crippen LogP contribution in [0.15, 0.2) is 48.5 Å². The van der Waals surface area contributed by atoms with Crippen molar-refractivity contribution in [3.63, 3.8) is 0 Å². The van der Waals surface area contributed by atoms with Crippen molar-refractivity contribution in [2.75, 3.05) is 38.1 Å². The number of hydrogen-bond donors (Lipinski definition) is 1. The number of nitrogens with one attached hydrogen (secondary N) is 1. The Morgan fingerprint density at radius 3 is 2.48 bits per heavy atom. The number of benzene rings is 2. The first-order valence-corrected chi connectivity index (χ1v) is 10.1. The fourth-order valence-corrected chi connectivity index (χ4v) is 3.51. The third-order valence-corrected chi connectivity index (χ3v) is 5.27. The molecule has 0 aromatic heterocycles. The molecule has 1 atom stereocenters. The highest BCUT2D eigenvalue weighted by molar-refractivity contribution is 5.95. The lowest BCUT2D eigenvalue weighted by molar-refractivity contribution is -0.121. The van der Waals surface area contributed by atoms with Gasteiger partial charge >= 0.3 is 0 Å². The van der Waals surface area contributed by atoms with Gasteiger partial charge in [-0.2, -0.15) is 5.26 Å². The third-order valence-electron chi connectivity index (χ3n) is 5.27. The fourth-order valence-electron chi connectivity index (χ4n) is 3.51. The van der Waals surface area contributed by atoms with Crippen LogP contribution in [-0.2, 0) is 11.3 Å². The zero-order valence-corrected chi connectivity index (χ0v) is 17.1. The Morgan fingerprint density at radius 2 is 1.83 bits per heavy atom. The second-order valence-corrected chi connectivity index (χ2v) is 7.22. The van der Waals surface area contributed by atoms with E-state index in [1.54, 1.807) is 0 Å². The van der Waals surface area contributed by atoms with Gasteiger partial charge in [-0.15, -0.1) is 0 Å². The van der Waals surface area contributed by atoms with Crippen LogP contribution in [0.3, 0.4) is 0 Å².